The Morgan fingerprint density at radius 1 is 1.20 bits per heavy atom. The van der Waals surface area contributed by atoms with E-state index in [1.807, 2.05) is 24.4 Å². The molecule has 0 fully saturated rings. The van der Waals surface area contributed by atoms with Crippen LogP contribution in [0.4, 0.5) is 0 Å². The lowest BCUT2D eigenvalue weighted by atomic mass is 10.2. The number of benzene rings is 1. The van der Waals surface area contributed by atoms with E-state index in [-0.39, 0.29) is 12.4 Å². The molecular weight excluding hydrogens is 210 g/mol. The SMILES string of the molecule is Cl.NCCn1ccnc1-c1ccccc1. The summed E-state index contributed by atoms with van der Waals surface area (Å²) < 4.78 is 2.06. The molecule has 2 aromatic rings. The van der Waals surface area contributed by atoms with Crippen LogP contribution < -0.4 is 5.73 Å². The van der Waals surface area contributed by atoms with Gasteiger partial charge in [0.1, 0.15) is 5.82 Å². The third kappa shape index (κ3) is 2.58. The molecule has 80 valence electrons. The fourth-order valence-corrected chi connectivity index (χ4v) is 1.48. The Hall–Kier alpha value is -1.32. The predicted octanol–water partition coefficient (Wildman–Crippen LogP) is 1.93. The molecule has 0 aliphatic carbocycles. The van der Waals surface area contributed by atoms with E-state index in [0.717, 1.165) is 17.9 Å². The summed E-state index contributed by atoms with van der Waals surface area (Å²) in [4.78, 5) is 4.31. The van der Waals surface area contributed by atoms with Crippen molar-refractivity contribution in [1.29, 1.82) is 0 Å². The highest BCUT2D eigenvalue weighted by Gasteiger charge is 2.03. The van der Waals surface area contributed by atoms with Gasteiger partial charge in [-0.2, -0.15) is 0 Å². The van der Waals surface area contributed by atoms with Crippen LogP contribution in [0.2, 0.25) is 0 Å². The minimum Gasteiger partial charge on any atom is -0.330 e. The average Bonchev–Trinajstić information content (AvgIpc) is 2.68. The Labute approximate surface area is 95.4 Å². The maximum atomic E-state index is 5.52. The van der Waals surface area contributed by atoms with Gasteiger partial charge in [-0.05, 0) is 0 Å². The molecule has 2 N–H and O–H groups in total. The second-order valence-corrected chi connectivity index (χ2v) is 3.10. The van der Waals surface area contributed by atoms with E-state index >= 15 is 0 Å². The first-order chi connectivity index (χ1) is 6.92. The first kappa shape index (κ1) is 11.8. The highest BCUT2D eigenvalue weighted by Crippen LogP contribution is 2.15. The zero-order chi connectivity index (χ0) is 9.80. The van der Waals surface area contributed by atoms with Crippen molar-refractivity contribution in [3.05, 3.63) is 42.7 Å². The summed E-state index contributed by atoms with van der Waals surface area (Å²) in [5, 5.41) is 0. The Kier molecular flexibility index (Phi) is 4.34. The molecule has 1 aromatic heterocycles. The summed E-state index contributed by atoms with van der Waals surface area (Å²) in [7, 11) is 0. The molecule has 0 radical (unpaired) electrons. The fraction of sp³-hybridized carbons (Fsp3) is 0.182. The number of nitrogens with zero attached hydrogens (tertiary/aromatic N) is 2. The van der Waals surface area contributed by atoms with Crippen LogP contribution in [0.5, 0.6) is 0 Å². The standard InChI is InChI=1S/C11H13N3.ClH/c12-6-8-14-9-7-13-11(14)10-4-2-1-3-5-10;/h1-5,7,9H,6,8,12H2;1H. The van der Waals surface area contributed by atoms with E-state index in [9.17, 15) is 0 Å². The number of imidazole rings is 1. The van der Waals surface area contributed by atoms with E-state index in [0.29, 0.717) is 6.54 Å². The van der Waals surface area contributed by atoms with Gasteiger partial charge < -0.3 is 10.3 Å². The third-order valence-electron chi connectivity index (χ3n) is 2.12. The molecule has 0 atom stereocenters. The van der Waals surface area contributed by atoms with Crippen molar-refractivity contribution in [1.82, 2.24) is 9.55 Å². The molecule has 1 aromatic carbocycles. The Bertz CT molecular complexity index is 397. The first-order valence-electron chi connectivity index (χ1n) is 4.68. The van der Waals surface area contributed by atoms with E-state index in [1.54, 1.807) is 6.20 Å². The van der Waals surface area contributed by atoms with Crippen molar-refractivity contribution in [2.24, 2.45) is 5.73 Å². The molecule has 0 saturated heterocycles. The van der Waals surface area contributed by atoms with Crippen LogP contribution in [-0.4, -0.2) is 16.1 Å². The maximum Gasteiger partial charge on any atom is 0.139 e. The Morgan fingerprint density at radius 2 is 1.93 bits per heavy atom. The molecule has 4 heteroatoms. The molecule has 1 heterocycles. The minimum absolute atomic E-state index is 0. The quantitative estimate of drug-likeness (QED) is 0.864. The molecule has 2 rings (SSSR count). The number of aromatic nitrogens is 2. The second kappa shape index (κ2) is 5.53. The van der Waals surface area contributed by atoms with Gasteiger partial charge in [0.2, 0.25) is 0 Å². The highest BCUT2D eigenvalue weighted by atomic mass is 35.5. The van der Waals surface area contributed by atoms with Crippen molar-refractivity contribution >= 4 is 12.4 Å². The molecule has 0 aliphatic heterocycles. The van der Waals surface area contributed by atoms with Gasteiger partial charge in [-0.1, -0.05) is 30.3 Å². The average molecular weight is 224 g/mol. The lowest BCUT2D eigenvalue weighted by molar-refractivity contribution is 0.715. The lowest BCUT2D eigenvalue weighted by Crippen LogP contribution is -2.10. The number of hydrogen-bond acceptors (Lipinski definition) is 2. The van der Waals surface area contributed by atoms with E-state index in [1.165, 1.54) is 0 Å². The molecule has 0 aliphatic rings. The van der Waals surface area contributed by atoms with Gasteiger partial charge in [0.15, 0.2) is 0 Å². The molecule has 0 bridgehead atoms. The van der Waals surface area contributed by atoms with Gasteiger partial charge in [0.25, 0.3) is 0 Å². The van der Waals surface area contributed by atoms with Gasteiger partial charge in [-0.3, -0.25) is 0 Å². The van der Waals surface area contributed by atoms with Crippen molar-refractivity contribution in [2.75, 3.05) is 6.54 Å². The van der Waals surface area contributed by atoms with Crippen LogP contribution in [0.3, 0.4) is 0 Å². The molecular formula is C11H14ClN3. The lowest BCUT2D eigenvalue weighted by Gasteiger charge is -2.05. The van der Waals surface area contributed by atoms with Crippen molar-refractivity contribution in [2.45, 2.75) is 6.54 Å². The van der Waals surface area contributed by atoms with Crippen LogP contribution in [0.25, 0.3) is 11.4 Å². The summed E-state index contributed by atoms with van der Waals surface area (Å²) in [6, 6.07) is 10.1. The van der Waals surface area contributed by atoms with Crippen LogP contribution in [0.1, 0.15) is 0 Å². The molecule has 3 nitrogen and oxygen atoms in total. The summed E-state index contributed by atoms with van der Waals surface area (Å²) in [5.74, 6) is 0.982. The number of hydrogen-bond donors (Lipinski definition) is 1. The van der Waals surface area contributed by atoms with E-state index in [4.69, 9.17) is 5.73 Å². The summed E-state index contributed by atoms with van der Waals surface area (Å²) >= 11 is 0. The smallest absolute Gasteiger partial charge is 0.139 e. The zero-order valence-corrected chi connectivity index (χ0v) is 9.15. The van der Waals surface area contributed by atoms with Crippen molar-refractivity contribution in [3.8, 4) is 11.4 Å². The Balaban J connectivity index is 0.00000112. The summed E-state index contributed by atoms with van der Waals surface area (Å²) in [6.07, 6.45) is 3.76. The molecule has 15 heavy (non-hydrogen) atoms. The molecule has 0 spiro atoms. The van der Waals surface area contributed by atoms with Crippen molar-refractivity contribution in [3.63, 3.8) is 0 Å². The van der Waals surface area contributed by atoms with Crippen LogP contribution in [0, 0.1) is 0 Å². The normalized spacial score (nSPS) is 9.67. The maximum absolute atomic E-state index is 5.52. The highest BCUT2D eigenvalue weighted by molar-refractivity contribution is 5.85. The van der Waals surface area contributed by atoms with Crippen LogP contribution in [0.15, 0.2) is 42.7 Å². The molecule has 0 amide bonds. The predicted molar refractivity (Wildman–Crippen MR) is 64.0 cm³/mol. The topological polar surface area (TPSA) is 43.8 Å². The van der Waals surface area contributed by atoms with Crippen LogP contribution in [-0.2, 0) is 6.54 Å². The first-order valence-corrected chi connectivity index (χ1v) is 4.68. The number of rotatable bonds is 3. The van der Waals surface area contributed by atoms with Crippen LogP contribution >= 0.6 is 12.4 Å². The van der Waals surface area contributed by atoms with E-state index < -0.39 is 0 Å². The van der Waals surface area contributed by atoms with Gasteiger partial charge in [-0.15, -0.1) is 12.4 Å². The second-order valence-electron chi connectivity index (χ2n) is 3.10. The zero-order valence-electron chi connectivity index (χ0n) is 8.34. The minimum atomic E-state index is 0. The van der Waals surface area contributed by atoms with Gasteiger partial charge in [0, 0.05) is 31.0 Å². The van der Waals surface area contributed by atoms with E-state index in [2.05, 4.69) is 21.7 Å². The molecule has 0 unspecified atom stereocenters. The van der Waals surface area contributed by atoms with Gasteiger partial charge >= 0.3 is 0 Å². The number of nitrogens with two attached hydrogens (primary N) is 1. The van der Waals surface area contributed by atoms with Crippen molar-refractivity contribution < 1.29 is 0 Å². The Morgan fingerprint density at radius 3 is 2.60 bits per heavy atom. The fourth-order valence-electron chi connectivity index (χ4n) is 1.48. The molecule has 0 saturated carbocycles. The number of halogens is 1. The summed E-state index contributed by atoms with van der Waals surface area (Å²) in [5.41, 5.74) is 6.65. The largest absolute Gasteiger partial charge is 0.330 e. The van der Waals surface area contributed by atoms with Gasteiger partial charge in [0.05, 0.1) is 0 Å². The third-order valence-corrected chi connectivity index (χ3v) is 2.12. The summed E-state index contributed by atoms with van der Waals surface area (Å²) in [6.45, 7) is 1.44. The monoisotopic (exact) mass is 223 g/mol. The van der Waals surface area contributed by atoms with Gasteiger partial charge in [-0.25, -0.2) is 4.98 Å².